The van der Waals surface area contributed by atoms with Gasteiger partial charge >= 0.3 is 0 Å². The first-order chi connectivity index (χ1) is 11.4. The molecule has 0 bridgehead atoms. The van der Waals surface area contributed by atoms with Gasteiger partial charge in [0.15, 0.2) is 11.5 Å². The van der Waals surface area contributed by atoms with Gasteiger partial charge in [0.2, 0.25) is 0 Å². The lowest BCUT2D eigenvalue weighted by molar-refractivity contribution is -0.384. The third kappa shape index (κ3) is 4.07. The monoisotopic (exact) mass is 393 g/mol. The van der Waals surface area contributed by atoms with E-state index >= 15 is 0 Å². The SMILES string of the molecule is COc1cc(/C=N\NC(=O)c2cccc([N+](=O)[O-])c2)cc(Br)c1O. The number of hydrogen-bond acceptors (Lipinski definition) is 6. The zero-order valence-corrected chi connectivity index (χ0v) is 14.0. The van der Waals surface area contributed by atoms with Gasteiger partial charge in [0.05, 0.1) is 22.7 Å². The first kappa shape index (κ1) is 17.4. The molecule has 0 heterocycles. The van der Waals surface area contributed by atoms with Crippen molar-refractivity contribution in [3.05, 3.63) is 62.1 Å². The Bertz CT molecular complexity index is 823. The second kappa shape index (κ2) is 7.55. The second-order valence-electron chi connectivity index (χ2n) is 4.56. The molecule has 2 aromatic rings. The minimum atomic E-state index is -0.584. The van der Waals surface area contributed by atoms with E-state index in [0.717, 1.165) is 6.07 Å². The summed E-state index contributed by atoms with van der Waals surface area (Å²) in [5.41, 5.74) is 2.77. The number of non-ortho nitro benzene ring substituents is 1. The topological polar surface area (TPSA) is 114 Å². The van der Waals surface area contributed by atoms with Crippen molar-refractivity contribution < 1.29 is 19.6 Å². The molecule has 2 aromatic carbocycles. The van der Waals surface area contributed by atoms with Gasteiger partial charge in [-0.05, 0) is 39.7 Å². The van der Waals surface area contributed by atoms with E-state index in [1.807, 2.05) is 0 Å². The van der Waals surface area contributed by atoms with Gasteiger partial charge in [0.25, 0.3) is 11.6 Å². The molecule has 0 spiro atoms. The molecule has 9 heteroatoms. The highest BCUT2D eigenvalue weighted by molar-refractivity contribution is 9.10. The molecule has 1 amide bonds. The molecule has 0 aliphatic heterocycles. The van der Waals surface area contributed by atoms with Crippen molar-refractivity contribution in [1.82, 2.24) is 5.43 Å². The Labute approximate surface area is 145 Å². The normalized spacial score (nSPS) is 10.6. The maximum atomic E-state index is 11.9. The van der Waals surface area contributed by atoms with Crippen molar-refractivity contribution in [1.29, 1.82) is 0 Å². The van der Waals surface area contributed by atoms with E-state index in [1.165, 1.54) is 37.6 Å². The van der Waals surface area contributed by atoms with Gasteiger partial charge in [-0.1, -0.05) is 6.07 Å². The van der Waals surface area contributed by atoms with Crippen molar-refractivity contribution in [3.8, 4) is 11.5 Å². The molecule has 2 rings (SSSR count). The molecule has 0 fully saturated rings. The number of benzene rings is 2. The quantitative estimate of drug-likeness (QED) is 0.460. The van der Waals surface area contributed by atoms with Crippen LogP contribution < -0.4 is 10.2 Å². The summed E-state index contributed by atoms with van der Waals surface area (Å²) >= 11 is 3.17. The van der Waals surface area contributed by atoms with Crippen LogP contribution in [0.5, 0.6) is 11.5 Å². The summed E-state index contributed by atoms with van der Waals surface area (Å²) in [6.07, 6.45) is 1.35. The largest absolute Gasteiger partial charge is 0.503 e. The predicted octanol–water partition coefficient (Wildman–Crippen LogP) is 2.84. The number of carbonyl (C=O) groups is 1. The summed E-state index contributed by atoms with van der Waals surface area (Å²) in [7, 11) is 1.41. The second-order valence-corrected chi connectivity index (χ2v) is 5.41. The molecule has 0 aromatic heterocycles. The predicted molar refractivity (Wildman–Crippen MR) is 90.5 cm³/mol. The van der Waals surface area contributed by atoms with Crippen molar-refractivity contribution in [3.63, 3.8) is 0 Å². The zero-order valence-electron chi connectivity index (χ0n) is 12.4. The standard InChI is InChI=1S/C15H12BrN3O5/c1-24-13-6-9(5-12(16)14(13)20)8-17-18-15(21)10-3-2-4-11(7-10)19(22)23/h2-8,20H,1H3,(H,18,21)/b17-8-. The fourth-order valence-electron chi connectivity index (χ4n) is 1.81. The lowest BCUT2D eigenvalue weighted by Crippen LogP contribution is -2.17. The Kier molecular flexibility index (Phi) is 5.48. The molecule has 0 aliphatic rings. The number of nitrogens with one attached hydrogen (secondary N) is 1. The number of nitro groups is 1. The summed E-state index contributed by atoms with van der Waals surface area (Å²) in [6, 6.07) is 8.42. The maximum absolute atomic E-state index is 11.9. The van der Waals surface area contributed by atoms with Gasteiger partial charge in [-0.15, -0.1) is 0 Å². The van der Waals surface area contributed by atoms with Crippen LogP contribution in [-0.4, -0.2) is 29.3 Å². The maximum Gasteiger partial charge on any atom is 0.271 e. The number of carbonyl (C=O) groups excluding carboxylic acids is 1. The highest BCUT2D eigenvalue weighted by atomic mass is 79.9. The van der Waals surface area contributed by atoms with Crippen LogP contribution in [-0.2, 0) is 0 Å². The van der Waals surface area contributed by atoms with Gasteiger partial charge in [-0.3, -0.25) is 14.9 Å². The van der Waals surface area contributed by atoms with E-state index in [1.54, 1.807) is 6.07 Å². The molecular weight excluding hydrogens is 382 g/mol. The highest BCUT2D eigenvalue weighted by Crippen LogP contribution is 2.34. The Hall–Kier alpha value is -2.94. The van der Waals surface area contributed by atoms with Gasteiger partial charge in [0, 0.05) is 17.7 Å². The summed E-state index contributed by atoms with van der Waals surface area (Å²) in [5.74, 6) is -0.383. The molecule has 0 radical (unpaired) electrons. The number of aromatic hydroxyl groups is 1. The van der Waals surface area contributed by atoms with Gasteiger partial charge in [0.1, 0.15) is 0 Å². The van der Waals surface area contributed by atoms with Crippen LogP contribution in [0, 0.1) is 10.1 Å². The third-order valence-electron chi connectivity index (χ3n) is 2.97. The van der Waals surface area contributed by atoms with Gasteiger partial charge in [-0.2, -0.15) is 5.10 Å². The van der Waals surface area contributed by atoms with Gasteiger partial charge in [-0.25, -0.2) is 5.43 Å². The number of hydrazone groups is 1. The first-order valence-corrected chi connectivity index (χ1v) is 7.36. The van der Waals surface area contributed by atoms with Crippen LogP contribution in [0.1, 0.15) is 15.9 Å². The molecule has 0 unspecified atom stereocenters. The fourth-order valence-corrected chi connectivity index (χ4v) is 2.27. The average Bonchev–Trinajstić information content (AvgIpc) is 2.57. The summed E-state index contributed by atoms with van der Waals surface area (Å²) in [4.78, 5) is 22.1. The Morgan fingerprint density at radius 3 is 2.83 bits per heavy atom. The van der Waals surface area contributed by atoms with E-state index in [2.05, 4.69) is 26.5 Å². The summed E-state index contributed by atoms with van der Waals surface area (Å²) in [5, 5.41) is 24.2. The number of ether oxygens (including phenoxy) is 1. The number of nitro benzene ring substituents is 1. The van der Waals surface area contributed by atoms with Crippen LogP contribution >= 0.6 is 15.9 Å². The van der Waals surface area contributed by atoms with Crippen LogP contribution in [0.25, 0.3) is 0 Å². The zero-order chi connectivity index (χ0) is 17.7. The van der Waals surface area contributed by atoms with Crippen LogP contribution in [0.4, 0.5) is 5.69 Å². The van der Waals surface area contributed by atoms with Crippen molar-refractivity contribution in [2.45, 2.75) is 0 Å². The molecule has 0 saturated heterocycles. The number of amides is 1. The molecule has 8 nitrogen and oxygen atoms in total. The molecule has 24 heavy (non-hydrogen) atoms. The lowest BCUT2D eigenvalue weighted by Gasteiger charge is -2.06. The minimum absolute atomic E-state index is 0.0460. The molecule has 2 N–H and O–H groups in total. The number of phenolic OH excluding ortho intramolecular Hbond substituents is 1. The first-order valence-electron chi connectivity index (χ1n) is 6.56. The lowest BCUT2D eigenvalue weighted by atomic mass is 10.2. The molecule has 0 saturated carbocycles. The van der Waals surface area contributed by atoms with E-state index in [4.69, 9.17) is 4.74 Å². The fraction of sp³-hybridized carbons (Fsp3) is 0.0667. The Morgan fingerprint density at radius 1 is 1.42 bits per heavy atom. The molecule has 124 valence electrons. The van der Waals surface area contributed by atoms with Crippen molar-refractivity contribution in [2.75, 3.05) is 7.11 Å². The van der Waals surface area contributed by atoms with Crippen molar-refractivity contribution >= 4 is 33.7 Å². The number of halogens is 1. The van der Waals surface area contributed by atoms with Crippen LogP contribution in [0.2, 0.25) is 0 Å². The Balaban J connectivity index is 2.11. The smallest absolute Gasteiger partial charge is 0.271 e. The summed E-state index contributed by atoms with van der Waals surface area (Å²) in [6.45, 7) is 0. The molecule has 0 aliphatic carbocycles. The summed E-state index contributed by atoms with van der Waals surface area (Å²) < 4.78 is 5.42. The number of hydrogen-bond donors (Lipinski definition) is 2. The third-order valence-corrected chi connectivity index (χ3v) is 3.57. The molecular formula is C15H12BrN3O5. The van der Waals surface area contributed by atoms with E-state index < -0.39 is 10.8 Å². The van der Waals surface area contributed by atoms with E-state index in [0.29, 0.717) is 10.0 Å². The number of nitrogens with zero attached hydrogens (tertiary/aromatic N) is 2. The van der Waals surface area contributed by atoms with Crippen LogP contribution in [0.15, 0.2) is 46.0 Å². The van der Waals surface area contributed by atoms with Crippen molar-refractivity contribution in [2.24, 2.45) is 5.10 Å². The highest BCUT2D eigenvalue weighted by Gasteiger charge is 2.11. The number of methoxy groups -OCH3 is 1. The van der Waals surface area contributed by atoms with Gasteiger partial charge < -0.3 is 9.84 Å². The van der Waals surface area contributed by atoms with E-state index in [9.17, 15) is 20.0 Å². The Morgan fingerprint density at radius 2 is 2.17 bits per heavy atom. The number of phenols is 1. The minimum Gasteiger partial charge on any atom is -0.503 e. The number of rotatable bonds is 5. The average molecular weight is 394 g/mol. The molecule has 0 atom stereocenters. The van der Waals surface area contributed by atoms with Crippen LogP contribution in [0.3, 0.4) is 0 Å². The van der Waals surface area contributed by atoms with E-state index in [-0.39, 0.29) is 22.7 Å².